The van der Waals surface area contributed by atoms with Crippen LogP contribution >= 0.6 is 0 Å². The fourth-order valence-corrected chi connectivity index (χ4v) is 0.751. The van der Waals surface area contributed by atoms with Gasteiger partial charge in [0.1, 0.15) is 11.6 Å². The third-order valence-electron chi connectivity index (χ3n) is 1.29. The smallest absolute Gasteiger partial charge is 0.123 e. The van der Waals surface area contributed by atoms with E-state index in [-0.39, 0.29) is 5.82 Å². The van der Waals surface area contributed by atoms with Crippen LogP contribution in [0, 0.1) is 5.82 Å². The number of hydrogen-bond acceptors (Lipinski definition) is 2. The molecule has 0 saturated carbocycles. The molecule has 0 aliphatic rings. The summed E-state index contributed by atoms with van der Waals surface area (Å²) in [7, 11) is 1.50. The topological polar surface area (TPSA) is 35.2 Å². The molecule has 1 aromatic carbocycles. The largest absolute Gasteiger partial charge is 0.494 e. The highest BCUT2D eigenvalue weighted by atomic mass is 19.1. The first-order chi connectivity index (χ1) is 6.33. The fourth-order valence-electron chi connectivity index (χ4n) is 0.751. The van der Waals surface area contributed by atoms with Gasteiger partial charge < -0.3 is 10.5 Å². The molecule has 0 bridgehead atoms. The van der Waals surface area contributed by atoms with Gasteiger partial charge in [0, 0.05) is 0 Å². The zero-order valence-corrected chi connectivity index (χ0v) is 8.09. The van der Waals surface area contributed by atoms with Crippen molar-refractivity contribution in [1.82, 2.24) is 0 Å². The SMILES string of the molecule is CCCOc1ccc(F)cc1.CN. The second-order valence-corrected chi connectivity index (χ2v) is 2.30. The molecule has 1 aromatic rings. The normalized spacial score (nSPS) is 8.62. The van der Waals surface area contributed by atoms with Gasteiger partial charge in [-0.3, -0.25) is 0 Å². The van der Waals surface area contributed by atoms with Crippen molar-refractivity contribution in [3.8, 4) is 5.75 Å². The predicted molar refractivity (Wildman–Crippen MR) is 52.3 cm³/mol. The van der Waals surface area contributed by atoms with Gasteiger partial charge in [0.2, 0.25) is 0 Å². The maximum absolute atomic E-state index is 12.4. The summed E-state index contributed by atoms with van der Waals surface area (Å²) in [6.45, 7) is 2.72. The van der Waals surface area contributed by atoms with Crippen molar-refractivity contribution in [3.63, 3.8) is 0 Å². The van der Waals surface area contributed by atoms with E-state index in [1.807, 2.05) is 6.92 Å². The summed E-state index contributed by atoms with van der Waals surface area (Å²) >= 11 is 0. The number of hydrogen-bond donors (Lipinski definition) is 1. The number of nitrogens with two attached hydrogens (primary N) is 1. The third-order valence-corrected chi connectivity index (χ3v) is 1.29. The molecule has 3 heteroatoms. The quantitative estimate of drug-likeness (QED) is 0.783. The molecule has 0 heterocycles. The zero-order valence-electron chi connectivity index (χ0n) is 8.09. The Bertz CT molecular complexity index is 211. The standard InChI is InChI=1S/C9H11FO.CH5N/c1-2-7-11-9-5-3-8(10)4-6-9;1-2/h3-6H,2,7H2,1H3;2H2,1H3. The number of rotatable bonds is 3. The maximum atomic E-state index is 12.4. The van der Waals surface area contributed by atoms with Crippen molar-refractivity contribution in [2.45, 2.75) is 13.3 Å². The fraction of sp³-hybridized carbons (Fsp3) is 0.400. The van der Waals surface area contributed by atoms with Gasteiger partial charge in [-0.25, -0.2) is 4.39 Å². The van der Waals surface area contributed by atoms with Gasteiger partial charge in [-0.2, -0.15) is 0 Å². The average Bonchev–Trinajstić information content (AvgIpc) is 2.20. The molecule has 2 nitrogen and oxygen atoms in total. The Morgan fingerprint density at radius 3 is 2.23 bits per heavy atom. The van der Waals surface area contributed by atoms with Gasteiger partial charge in [0.25, 0.3) is 0 Å². The first-order valence-corrected chi connectivity index (χ1v) is 4.29. The van der Waals surface area contributed by atoms with Crippen LogP contribution in [0.4, 0.5) is 4.39 Å². The van der Waals surface area contributed by atoms with Crippen molar-refractivity contribution in [2.24, 2.45) is 5.73 Å². The van der Waals surface area contributed by atoms with Crippen LogP contribution in [-0.2, 0) is 0 Å². The highest BCUT2D eigenvalue weighted by Crippen LogP contribution is 2.10. The molecule has 74 valence electrons. The predicted octanol–water partition coefficient (Wildman–Crippen LogP) is 2.19. The molecule has 0 aromatic heterocycles. The summed E-state index contributed by atoms with van der Waals surface area (Å²) in [5.74, 6) is 0.502. The minimum atomic E-state index is -0.228. The second-order valence-electron chi connectivity index (χ2n) is 2.30. The van der Waals surface area contributed by atoms with E-state index < -0.39 is 0 Å². The number of halogens is 1. The summed E-state index contributed by atoms with van der Waals surface area (Å²) in [6, 6.07) is 6.05. The summed E-state index contributed by atoms with van der Waals surface area (Å²) in [4.78, 5) is 0. The van der Waals surface area contributed by atoms with Crippen molar-refractivity contribution in [2.75, 3.05) is 13.7 Å². The lowest BCUT2D eigenvalue weighted by atomic mass is 10.3. The molecule has 13 heavy (non-hydrogen) atoms. The van der Waals surface area contributed by atoms with Crippen LogP contribution < -0.4 is 10.5 Å². The summed E-state index contributed by atoms with van der Waals surface area (Å²) in [5, 5.41) is 0. The number of ether oxygens (including phenoxy) is 1. The van der Waals surface area contributed by atoms with Crippen LogP contribution in [-0.4, -0.2) is 13.7 Å². The zero-order chi connectivity index (χ0) is 10.1. The van der Waals surface area contributed by atoms with Gasteiger partial charge in [-0.15, -0.1) is 0 Å². The van der Waals surface area contributed by atoms with E-state index in [0.29, 0.717) is 6.61 Å². The molecule has 0 fully saturated rings. The monoisotopic (exact) mass is 185 g/mol. The van der Waals surface area contributed by atoms with Crippen LogP contribution in [0.1, 0.15) is 13.3 Å². The van der Waals surface area contributed by atoms with Gasteiger partial charge in [0.05, 0.1) is 6.61 Å². The summed E-state index contributed by atoms with van der Waals surface area (Å²) < 4.78 is 17.6. The minimum absolute atomic E-state index is 0.228. The first-order valence-electron chi connectivity index (χ1n) is 4.29. The number of benzene rings is 1. The van der Waals surface area contributed by atoms with E-state index in [2.05, 4.69) is 5.73 Å². The van der Waals surface area contributed by atoms with Crippen LogP contribution in [0.25, 0.3) is 0 Å². The van der Waals surface area contributed by atoms with Crippen LogP contribution in [0.5, 0.6) is 5.75 Å². The molecule has 1 rings (SSSR count). The molecule has 0 spiro atoms. The van der Waals surface area contributed by atoms with Crippen molar-refractivity contribution >= 4 is 0 Å². The van der Waals surface area contributed by atoms with Crippen molar-refractivity contribution in [1.29, 1.82) is 0 Å². The Labute approximate surface area is 78.5 Å². The third kappa shape index (κ3) is 5.20. The highest BCUT2D eigenvalue weighted by Gasteiger charge is 1.91. The molecular weight excluding hydrogens is 169 g/mol. The van der Waals surface area contributed by atoms with Crippen molar-refractivity contribution in [3.05, 3.63) is 30.1 Å². The van der Waals surface area contributed by atoms with Crippen LogP contribution in [0.2, 0.25) is 0 Å². The van der Waals surface area contributed by atoms with E-state index in [1.165, 1.54) is 19.2 Å². The Morgan fingerprint density at radius 2 is 1.77 bits per heavy atom. The van der Waals surface area contributed by atoms with E-state index in [1.54, 1.807) is 12.1 Å². The van der Waals surface area contributed by atoms with E-state index >= 15 is 0 Å². The van der Waals surface area contributed by atoms with Gasteiger partial charge in [-0.05, 0) is 37.7 Å². The molecule has 0 aliphatic carbocycles. The molecule has 0 amide bonds. The molecule has 2 N–H and O–H groups in total. The molecule has 0 aliphatic heterocycles. The Balaban J connectivity index is 0.000000671. The first kappa shape index (κ1) is 11.9. The van der Waals surface area contributed by atoms with Gasteiger partial charge in [0.15, 0.2) is 0 Å². The Hall–Kier alpha value is -1.09. The molecular formula is C10H16FNO. The molecule has 0 saturated heterocycles. The van der Waals surface area contributed by atoms with E-state index in [0.717, 1.165) is 12.2 Å². The minimum Gasteiger partial charge on any atom is -0.494 e. The summed E-state index contributed by atoms with van der Waals surface area (Å²) in [5.41, 5.74) is 4.50. The summed E-state index contributed by atoms with van der Waals surface area (Å²) in [6.07, 6.45) is 0.970. The second kappa shape index (κ2) is 7.55. The van der Waals surface area contributed by atoms with Crippen LogP contribution in [0.3, 0.4) is 0 Å². The lowest BCUT2D eigenvalue weighted by Crippen LogP contribution is -1.94. The Kier molecular flexibility index (Phi) is 6.92. The van der Waals surface area contributed by atoms with Gasteiger partial charge in [-0.1, -0.05) is 6.92 Å². The lowest BCUT2D eigenvalue weighted by molar-refractivity contribution is 0.317. The maximum Gasteiger partial charge on any atom is 0.123 e. The average molecular weight is 185 g/mol. The van der Waals surface area contributed by atoms with Crippen LogP contribution in [0.15, 0.2) is 24.3 Å². The van der Waals surface area contributed by atoms with E-state index in [4.69, 9.17) is 4.74 Å². The van der Waals surface area contributed by atoms with Gasteiger partial charge >= 0.3 is 0 Å². The van der Waals surface area contributed by atoms with Crippen molar-refractivity contribution < 1.29 is 9.13 Å². The van der Waals surface area contributed by atoms with E-state index in [9.17, 15) is 4.39 Å². The Morgan fingerprint density at radius 1 is 1.23 bits per heavy atom. The molecule has 0 unspecified atom stereocenters. The highest BCUT2D eigenvalue weighted by molar-refractivity contribution is 5.21. The molecule has 0 atom stereocenters. The lowest BCUT2D eigenvalue weighted by Gasteiger charge is -2.02. The molecule has 0 radical (unpaired) electrons.